The Hall–Kier alpha value is -1.74. The third-order valence-electron chi connectivity index (χ3n) is 3.59. The van der Waals surface area contributed by atoms with Gasteiger partial charge in [0.1, 0.15) is 0 Å². The predicted octanol–water partition coefficient (Wildman–Crippen LogP) is 2.26. The number of nitrogens with one attached hydrogen (secondary N) is 1. The van der Waals surface area contributed by atoms with Crippen LogP contribution in [0.25, 0.3) is 0 Å². The van der Waals surface area contributed by atoms with E-state index < -0.39 is 0 Å². The van der Waals surface area contributed by atoms with Crippen LogP contribution in [0.1, 0.15) is 33.1 Å². The molecule has 0 spiro atoms. The van der Waals surface area contributed by atoms with E-state index >= 15 is 0 Å². The molecule has 0 bridgehead atoms. The molecule has 1 N–H and O–H groups in total. The van der Waals surface area contributed by atoms with Crippen molar-refractivity contribution in [2.45, 2.75) is 33.1 Å². The molecule has 6 heteroatoms. The lowest BCUT2D eigenvalue weighted by molar-refractivity contribution is -0.139. The molecule has 1 aliphatic heterocycles. The average molecular weight is 306 g/mol. The second kappa shape index (κ2) is 6.81. The summed E-state index contributed by atoms with van der Waals surface area (Å²) in [5.41, 5.74) is 2.17. The van der Waals surface area contributed by atoms with Gasteiger partial charge in [0.2, 0.25) is 0 Å². The highest BCUT2D eigenvalue weighted by atomic mass is 32.2. The van der Waals surface area contributed by atoms with Gasteiger partial charge in [-0.25, -0.2) is 0 Å². The van der Waals surface area contributed by atoms with Gasteiger partial charge < -0.3 is 10.1 Å². The fourth-order valence-corrected chi connectivity index (χ4v) is 3.56. The molecule has 2 aliphatic rings. The van der Waals surface area contributed by atoms with Crippen molar-refractivity contribution in [3.8, 4) is 6.07 Å². The van der Waals surface area contributed by atoms with E-state index in [1.807, 2.05) is 6.92 Å². The van der Waals surface area contributed by atoms with Crippen LogP contribution >= 0.6 is 11.8 Å². The van der Waals surface area contributed by atoms with E-state index in [1.54, 1.807) is 6.92 Å². The molecule has 1 heterocycles. The van der Waals surface area contributed by atoms with E-state index in [9.17, 15) is 14.9 Å². The number of rotatable bonds is 4. The number of hydrogen-bond acceptors (Lipinski definition) is 6. The Bertz CT molecular complexity index is 572. The van der Waals surface area contributed by atoms with Crippen molar-refractivity contribution in [3.05, 3.63) is 21.9 Å². The van der Waals surface area contributed by atoms with Crippen molar-refractivity contribution in [1.82, 2.24) is 5.32 Å². The van der Waals surface area contributed by atoms with Gasteiger partial charge in [-0.15, -0.1) is 0 Å². The van der Waals surface area contributed by atoms with Gasteiger partial charge in [-0.2, -0.15) is 5.26 Å². The van der Waals surface area contributed by atoms with E-state index in [0.29, 0.717) is 23.6 Å². The van der Waals surface area contributed by atoms with Gasteiger partial charge in [0.25, 0.3) is 0 Å². The molecule has 21 heavy (non-hydrogen) atoms. The Labute approximate surface area is 128 Å². The summed E-state index contributed by atoms with van der Waals surface area (Å²) in [7, 11) is 0. The number of ether oxygens (including phenoxy) is 1. The molecule has 1 aliphatic carbocycles. The Balaban J connectivity index is 2.17. The molecular weight excluding hydrogens is 288 g/mol. The van der Waals surface area contributed by atoms with Crippen molar-refractivity contribution in [1.29, 1.82) is 5.26 Å². The van der Waals surface area contributed by atoms with Gasteiger partial charge >= 0.3 is 5.97 Å². The monoisotopic (exact) mass is 306 g/mol. The summed E-state index contributed by atoms with van der Waals surface area (Å²) in [5.74, 6) is -0.228. The number of allylic oxidation sites excluding steroid dienone is 3. The fourth-order valence-electron chi connectivity index (χ4n) is 2.64. The molecule has 5 nitrogen and oxygen atoms in total. The van der Waals surface area contributed by atoms with Crippen molar-refractivity contribution in [2.75, 3.05) is 12.4 Å². The van der Waals surface area contributed by atoms with Gasteiger partial charge in [0, 0.05) is 23.6 Å². The molecule has 0 unspecified atom stereocenters. The molecule has 0 amide bonds. The Morgan fingerprint density at radius 2 is 2.29 bits per heavy atom. The maximum atomic E-state index is 12.0. The Kier molecular flexibility index (Phi) is 5.07. The van der Waals surface area contributed by atoms with Gasteiger partial charge in [0.15, 0.2) is 5.78 Å². The summed E-state index contributed by atoms with van der Waals surface area (Å²) >= 11 is 1.26. The van der Waals surface area contributed by atoms with Gasteiger partial charge in [-0.3, -0.25) is 9.59 Å². The van der Waals surface area contributed by atoms with Crippen LogP contribution in [0.5, 0.6) is 0 Å². The van der Waals surface area contributed by atoms with E-state index in [2.05, 4.69) is 11.4 Å². The first kappa shape index (κ1) is 15.6. The molecule has 0 aromatic carbocycles. The Morgan fingerprint density at radius 3 is 2.95 bits per heavy atom. The average Bonchev–Trinajstić information content (AvgIpc) is 2.45. The van der Waals surface area contributed by atoms with Crippen LogP contribution in [-0.2, 0) is 14.3 Å². The zero-order valence-electron chi connectivity index (χ0n) is 12.2. The van der Waals surface area contributed by atoms with Gasteiger partial charge in [-0.05, 0) is 19.8 Å². The zero-order chi connectivity index (χ0) is 15.4. The minimum atomic E-state index is -0.304. The number of esters is 1. The molecule has 112 valence electrons. The number of hydrogen-bond donors (Lipinski definition) is 1. The lowest BCUT2D eigenvalue weighted by Crippen LogP contribution is -2.31. The third-order valence-corrected chi connectivity index (χ3v) is 4.58. The molecule has 0 saturated heterocycles. The summed E-state index contributed by atoms with van der Waals surface area (Å²) in [6.45, 7) is 3.98. The summed E-state index contributed by atoms with van der Waals surface area (Å²) in [6, 6.07) is 2.17. The lowest BCUT2D eigenvalue weighted by Gasteiger charge is -2.31. The highest BCUT2D eigenvalue weighted by molar-refractivity contribution is 8.03. The topological polar surface area (TPSA) is 79.2 Å². The first-order chi connectivity index (χ1) is 10.1. The van der Waals surface area contributed by atoms with Crippen molar-refractivity contribution >= 4 is 23.5 Å². The minimum absolute atomic E-state index is 0.124. The molecular formula is C15H18N2O3S. The third kappa shape index (κ3) is 3.30. The largest absolute Gasteiger partial charge is 0.465 e. The van der Waals surface area contributed by atoms with Crippen LogP contribution in [0.4, 0.5) is 0 Å². The molecule has 0 radical (unpaired) electrons. The quantitative estimate of drug-likeness (QED) is 0.803. The molecule has 1 atom stereocenters. The maximum absolute atomic E-state index is 12.0. The number of nitriles is 1. The van der Waals surface area contributed by atoms with E-state index in [1.165, 1.54) is 11.8 Å². The molecule has 0 saturated carbocycles. The zero-order valence-corrected chi connectivity index (χ0v) is 13.0. The number of thioether (sulfide) groups is 1. The van der Waals surface area contributed by atoms with Gasteiger partial charge in [-0.1, -0.05) is 18.7 Å². The predicted molar refractivity (Wildman–Crippen MR) is 79.9 cm³/mol. The van der Waals surface area contributed by atoms with E-state index in [4.69, 9.17) is 4.74 Å². The van der Waals surface area contributed by atoms with Crippen LogP contribution in [0.3, 0.4) is 0 Å². The van der Waals surface area contributed by atoms with Crippen LogP contribution in [0.15, 0.2) is 21.9 Å². The number of ketones is 1. The normalized spacial score (nSPS) is 21.6. The van der Waals surface area contributed by atoms with Crippen LogP contribution in [0.2, 0.25) is 0 Å². The first-order valence-electron chi connectivity index (χ1n) is 7.04. The number of dihydropyridines is 1. The summed E-state index contributed by atoms with van der Waals surface area (Å²) < 4.78 is 4.89. The number of carbonyl (C=O) groups excluding carboxylic acids is 2. The first-order valence-corrected chi connectivity index (χ1v) is 8.03. The Morgan fingerprint density at radius 1 is 1.52 bits per heavy atom. The highest BCUT2D eigenvalue weighted by Crippen LogP contribution is 2.38. The fraction of sp³-hybridized carbons (Fsp3) is 0.533. The minimum Gasteiger partial charge on any atom is -0.465 e. The van der Waals surface area contributed by atoms with Crippen molar-refractivity contribution in [3.63, 3.8) is 0 Å². The second-order valence-electron chi connectivity index (χ2n) is 4.96. The summed E-state index contributed by atoms with van der Waals surface area (Å²) in [6.07, 6.45) is 2.19. The van der Waals surface area contributed by atoms with Crippen molar-refractivity contribution < 1.29 is 14.3 Å². The lowest BCUT2D eigenvalue weighted by atomic mass is 9.81. The maximum Gasteiger partial charge on any atom is 0.316 e. The van der Waals surface area contributed by atoms with E-state index in [0.717, 1.165) is 24.1 Å². The highest BCUT2D eigenvalue weighted by Gasteiger charge is 2.33. The second-order valence-corrected chi connectivity index (χ2v) is 5.95. The number of nitrogens with zero attached hydrogens (tertiary/aromatic N) is 1. The van der Waals surface area contributed by atoms with Crippen LogP contribution < -0.4 is 5.32 Å². The molecule has 0 aromatic heterocycles. The smallest absolute Gasteiger partial charge is 0.316 e. The summed E-state index contributed by atoms with van der Waals surface area (Å²) in [5, 5.41) is 13.2. The molecule has 0 aromatic rings. The van der Waals surface area contributed by atoms with Crippen LogP contribution in [-0.4, -0.2) is 24.1 Å². The summed E-state index contributed by atoms with van der Waals surface area (Å²) in [4.78, 5) is 23.5. The standard InChI is InChI=1S/C15H18N2O3S/c1-3-20-13(19)8-21-15-10(7-16)9(2)14-11(17-15)5-4-6-12(14)18/h9,17H,3-6,8H2,1-2H3/t9-/m1/s1. The van der Waals surface area contributed by atoms with E-state index in [-0.39, 0.29) is 23.4 Å². The molecule has 2 rings (SSSR count). The van der Waals surface area contributed by atoms with Crippen molar-refractivity contribution in [2.24, 2.45) is 5.92 Å². The van der Waals surface area contributed by atoms with Crippen LogP contribution in [0, 0.1) is 17.2 Å². The molecule has 0 fully saturated rings. The number of Topliss-reactive ketones (excluding diaryl/α,β-unsaturated/α-hetero) is 1. The number of carbonyl (C=O) groups is 2. The van der Waals surface area contributed by atoms with Gasteiger partial charge in [0.05, 0.1) is 29.0 Å². The SMILES string of the molecule is CCOC(=O)CSC1=C(C#N)[C@@H](C)C2=C(CCCC2=O)N1.